The average molecular weight is 242 g/mol. The van der Waals surface area contributed by atoms with Gasteiger partial charge in [-0.25, -0.2) is 4.98 Å². The molecule has 0 aliphatic heterocycles. The Balaban J connectivity index is 2.68. The number of rotatable bonds is 2. The first-order chi connectivity index (χ1) is 7.30. The number of pyridine rings is 1. The summed E-state index contributed by atoms with van der Waals surface area (Å²) in [7, 11) is 0. The Morgan fingerprint density at radius 1 is 1.50 bits per heavy atom. The van der Waals surface area contributed by atoms with Crippen LogP contribution in [0.1, 0.15) is 20.8 Å². The Morgan fingerprint density at radius 2 is 2.12 bits per heavy atom. The van der Waals surface area contributed by atoms with Crippen molar-refractivity contribution in [3.05, 3.63) is 23.4 Å². The van der Waals surface area contributed by atoms with Gasteiger partial charge in [-0.2, -0.15) is 0 Å². The number of hydrogen-bond acceptors (Lipinski definition) is 3. The maximum atomic E-state index is 11.7. The van der Waals surface area contributed by atoms with Crippen LogP contribution in [0.3, 0.4) is 0 Å². The highest BCUT2D eigenvalue weighted by Gasteiger charge is 2.27. The van der Waals surface area contributed by atoms with Gasteiger partial charge < -0.3 is 11.1 Å². The number of carbonyl (C=O) groups excluding carboxylic acids is 1. The number of nitrogens with zero attached hydrogens (tertiary/aromatic N) is 1. The Hall–Kier alpha value is -1.13. The summed E-state index contributed by atoms with van der Waals surface area (Å²) < 4.78 is 0. The minimum absolute atomic E-state index is 0.248. The number of aromatic nitrogens is 1. The molecule has 0 spiro atoms. The fourth-order valence-electron chi connectivity index (χ4n) is 1.05. The molecule has 1 aromatic heterocycles. The van der Waals surface area contributed by atoms with E-state index in [2.05, 4.69) is 10.3 Å². The molecule has 0 aliphatic rings. The maximum absolute atomic E-state index is 11.7. The monoisotopic (exact) mass is 241 g/mol. The van der Waals surface area contributed by atoms with E-state index in [1.807, 2.05) is 20.8 Å². The molecule has 88 valence electrons. The van der Waals surface area contributed by atoms with Gasteiger partial charge in [-0.3, -0.25) is 4.79 Å². The van der Waals surface area contributed by atoms with Gasteiger partial charge in [0.1, 0.15) is 5.82 Å². The first kappa shape index (κ1) is 12.9. The van der Waals surface area contributed by atoms with Gasteiger partial charge in [0.15, 0.2) is 0 Å². The van der Waals surface area contributed by atoms with E-state index in [0.717, 1.165) is 0 Å². The molecule has 0 bridgehead atoms. The third-order valence-electron chi connectivity index (χ3n) is 2.19. The minimum Gasteiger partial charge on any atom is -0.319 e. The molecule has 1 aromatic rings. The van der Waals surface area contributed by atoms with E-state index in [0.29, 0.717) is 10.8 Å². The number of nitrogens with two attached hydrogens (primary N) is 1. The van der Waals surface area contributed by atoms with Crippen molar-refractivity contribution >= 4 is 23.3 Å². The zero-order valence-electron chi connectivity index (χ0n) is 9.62. The smallest absolute Gasteiger partial charge is 0.242 e. The molecule has 0 aliphatic carbocycles. The Kier molecular flexibility index (Phi) is 3.88. The van der Waals surface area contributed by atoms with E-state index in [1.54, 1.807) is 12.1 Å². The Bertz CT molecular complexity index is 370. The minimum atomic E-state index is -0.579. The highest BCUT2D eigenvalue weighted by molar-refractivity contribution is 6.30. The summed E-state index contributed by atoms with van der Waals surface area (Å²) in [5, 5.41) is 3.17. The summed E-state index contributed by atoms with van der Waals surface area (Å²) >= 11 is 5.68. The van der Waals surface area contributed by atoms with Crippen LogP contribution in [0.25, 0.3) is 0 Å². The van der Waals surface area contributed by atoms with Gasteiger partial charge in [0.25, 0.3) is 0 Å². The van der Waals surface area contributed by atoms with E-state index in [-0.39, 0.29) is 11.3 Å². The molecular weight excluding hydrogens is 226 g/mol. The highest BCUT2D eigenvalue weighted by atomic mass is 35.5. The van der Waals surface area contributed by atoms with Gasteiger partial charge in [0.05, 0.1) is 11.1 Å². The van der Waals surface area contributed by atoms with E-state index >= 15 is 0 Å². The molecule has 1 amide bonds. The molecule has 0 saturated carbocycles. The van der Waals surface area contributed by atoms with Crippen molar-refractivity contribution in [3.8, 4) is 0 Å². The molecule has 16 heavy (non-hydrogen) atoms. The maximum Gasteiger partial charge on any atom is 0.242 e. The fourth-order valence-corrected chi connectivity index (χ4v) is 1.16. The molecule has 3 N–H and O–H groups in total. The lowest BCUT2D eigenvalue weighted by Gasteiger charge is -2.25. The van der Waals surface area contributed by atoms with E-state index < -0.39 is 6.04 Å². The van der Waals surface area contributed by atoms with Crippen LogP contribution in [0, 0.1) is 5.41 Å². The third kappa shape index (κ3) is 3.47. The summed E-state index contributed by atoms with van der Waals surface area (Å²) in [5.41, 5.74) is 5.52. The summed E-state index contributed by atoms with van der Waals surface area (Å²) in [6.45, 7) is 5.73. The lowest BCUT2D eigenvalue weighted by molar-refractivity contribution is -0.119. The van der Waals surface area contributed by atoms with E-state index in [4.69, 9.17) is 17.3 Å². The second kappa shape index (κ2) is 4.80. The van der Waals surface area contributed by atoms with Crippen molar-refractivity contribution < 1.29 is 4.79 Å². The van der Waals surface area contributed by atoms with Gasteiger partial charge in [-0.05, 0) is 17.5 Å². The van der Waals surface area contributed by atoms with Crippen LogP contribution in [0.15, 0.2) is 18.3 Å². The summed E-state index contributed by atoms with van der Waals surface area (Å²) in [5.74, 6) is 0.205. The Labute approximate surface area is 100 Å². The van der Waals surface area contributed by atoms with Gasteiger partial charge in [0, 0.05) is 6.20 Å². The number of amides is 1. The summed E-state index contributed by atoms with van der Waals surface area (Å²) in [6, 6.07) is 2.72. The van der Waals surface area contributed by atoms with Crippen molar-refractivity contribution in [2.75, 3.05) is 5.32 Å². The zero-order valence-corrected chi connectivity index (χ0v) is 10.4. The van der Waals surface area contributed by atoms with Gasteiger partial charge >= 0.3 is 0 Å². The van der Waals surface area contributed by atoms with Crippen LogP contribution in [-0.4, -0.2) is 16.9 Å². The molecule has 4 nitrogen and oxygen atoms in total. The van der Waals surface area contributed by atoms with Crippen molar-refractivity contribution in [1.82, 2.24) is 4.98 Å². The largest absolute Gasteiger partial charge is 0.319 e. The third-order valence-corrected chi connectivity index (χ3v) is 2.42. The average Bonchev–Trinajstić information content (AvgIpc) is 2.19. The van der Waals surface area contributed by atoms with Crippen LogP contribution < -0.4 is 11.1 Å². The number of hydrogen-bond donors (Lipinski definition) is 2. The second-order valence-corrected chi connectivity index (χ2v) is 5.13. The van der Waals surface area contributed by atoms with Crippen LogP contribution in [0.5, 0.6) is 0 Å². The van der Waals surface area contributed by atoms with Gasteiger partial charge in [0.2, 0.25) is 5.91 Å². The van der Waals surface area contributed by atoms with Crippen LogP contribution in [-0.2, 0) is 4.79 Å². The number of halogens is 1. The molecule has 1 heterocycles. The first-order valence-corrected chi connectivity index (χ1v) is 5.36. The number of nitrogens with one attached hydrogen (secondary N) is 1. The van der Waals surface area contributed by atoms with Crippen LogP contribution >= 0.6 is 11.6 Å². The topological polar surface area (TPSA) is 68.0 Å². The molecule has 1 unspecified atom stereocenters. The summed E-state index contributed by atoms with van der Waals surface area (Å²) in [6.07, 6.45) is 1.47. The van der Waals surface area contributed by atoms with Crippen molar-refractivity contribution in [1.29, 1.82) is 0 Å². The Morgan fingerprint density at radius 3 is 2.56 bits per heavy atom. The highest BCUT2D eigenvalue weighted by Crippen LogP contribution is 2.18. The molecule has 5 heteroatoms. The van der Waals surface area contributed by atoms with E-state index in [9.17, 15) is 4.79 Å². The van der Waals surface area contributed by atoms with Crippen molar-refractivity contribution in [3.63, 3.8) is 0 Å². The van der Waals surface area contributed by atoms with Crippen molar-refractivity contribution in [2.24, 2.45) is 11.1 Å². The van der Waals surface area contributed by atoms with Crippen LogP contribution in [0.2, 0.25) is 5.02 Å². The number of carbonyl (C=O) groups is 1. The fraction of sp³-hybridized carbons (Fsp3) is 0.455. The van der Waals surface area contributed by atoms with Crippen LogP contribution in [0.4, 0.5) is 5.82 Å². The second-order valence-electron chi connectivity index (χ2n) is 4.69. The standard InChI is InChI=1S/C11H16ClN3O/c1-11(2,3)9(13)10(16)15-8-5-4-7(12)6-14-8/h4-6,9H,13H2,1-3H3,(H,14,15,16). The first-order valence-electron chi connectivity index (χ1n) is 4.98. The molecule has 1 rings (SSSR count). The predicted octanol–water partition coefficient (Wildman–Crippen LogP) is 2.05. The lowest BCUT2D eigenvalue weighted by Crippen LogP contribution is -2.45. The molecule has 0 radical (unpaired) electrons. The molecule has 1 atom stereocenters. The predicted molar refractivity (Wildman–Crippen MR) is 65.3 cm³/mol. The van der Waals surface area contributed by atoms with Gasteiger partial charge in [-0.15, -0.1) is 0 Å². The van der Waals surface area contributed by atoms with Crippen molar-refractivity contribution in [2.45, 2.75) is 26.8 Å². The molecular formula is C11H16ClN3O. The molecule has 0 fully saturated rings. The normalized spacial score (nSPS) is 13.3. The quantitative estimate of drug-likeness (QED) is 0.833. The van der Waals surface area contributed by atoms with E-state index in [1.165, 1.54) is 6.20 Å². The summed E-state index contributed by atoms with van der Waals surface area (Å²) in [4.78, 5) is 15.7. The molecule has 0 aromatic carbocycles. The number of anilines is 1. The lowest BCUT2D eigenvalue weighted by atomic mass is 9.87. The SMILES string of the molecule is CC(C)(C)C(N)C(=O)Nc1ccc(Cl)cn1. The molecule has 0 saturated heterocycles. The zero-order chi connectivity index (χ0) is 12.3. The van der Waals surface area contributed by atoms with Gasteiger partial charge in [-0.1, -0.05) is 32.4 Å².